The lowest BCUT2D eigenvalue weighted by Crippen LogP contribution is -2.44. The van der Waals surface area contributed by atoms with Crippen LogP contribution >= 0.6 is 0 Å². The zero-order valence-electron chi connectivity index (χ0n) is 29.5. The van der Waals surface area contributed by atoms with Gasteiger partial charge in [-0.25, -0.2) is 27.9 Å². The molecule has 0 bridgehead atoms. The van der Waals surface area contributed by atoms with Crippen molar-refractivity contribution in [3.05, 3.63) is 76.5 Å². The number of pyridine rings is 1. The SMILES string of the molecule is Cn1c(=O)n(C2CCC(=O)NC2=O)c2cccc([C@@H]3CCN(CC4CCC(n5cc6cc(NC(=O)c7cncc(C(F)F)n7)ncc6n5)CC4)C[C@H]3F)c21. The van der Waals surface area contributed by atoms with Crippen LogP contribution in [0.5, 0.6) is 0 Å². The lowest BCUT2D eigenvalue weighted by atomic mass is 9.83. The molecule has 2 saturated heterocycles. The van der Waals surface area contributed by atoms with E-state index in [0.29, 0.717) is 35.4 Å². The Hall–Kier alpha value is -5.45. The number of benzene rings is 1. The van der Waals surface area contributed by atoms with Gasteiger partial charge in [0.1, 0.15) is 34.9 Å². The van der Waals surface area contributed by atoms with E-state index < -0.39 is 42.1 Å². The maximum Gasteiger partial charge on any atom is 0.329 e. The number of alkyl halides is 3. The summed E-state index contributed by atoms with van der Waals surface area (Å²) in [7, 11) is 1.65. The van der Waals surface area contributed by atoms with Crippen LogP contribution in [0.4, 0.5) is 19.0 Å². The van der Waals surface area contributed by atoms with Crippen LogP contribution in [-0.2, 0) is 16.6 Å². The Morgan fingerprint density at radius 3 is 2.63 bits per heavy atom. The second-order valence-corrected chi connectivity index (χ2v) is 14.6. The van der Waals surface area contributed by atoms with E-state index in [9.17, 15) is 28.0 Å². The Morgan fingerprint density at radius 1 is 1.06 bits per heavy atom. The molecule has 0 radical (unpaired) electrons. The average molecular weight is 745 g/mol. The molecular weight excluding hydrogens is 705 g/mol. The Kier molecular flexibility index (Phi) is 9.49. The molecule has 1 saturated carbocycles. The van der Waals surface area contributed by atoms with Crippen molar-refractivity contribution >= 4 is 45.5 Å². The minimum atomic E-state index is -2.84. The summed E-state index contributed by atoms with van der Waals surface area (Å²) in [6.45, 7) is 1.82. The normalized spacial score (nSPS) is 24.0. The van der Waals surface area contributed by atoms with E-state index in [1.165, 1.54) is 9.13 Å². The quantitative estimate of drug-likeness (QED) is 0.216. The van der Waals surface area contributed by atoms with E-state index >= 15 is 4.39 Å². The molecular formula is C37H39F3N10O4. The molecule has 282 valence electrons. The molecule has 3 atom stereocenters. The van der Waals surface area contributed by atoms with Gasteiger partial charge in [-0.15, -0.1) is 0 Å². The zero-order chi connectivity index (χ0) is 37.7. The summed E-state index contributed by atoms with van der Waals surface area (Å²) in [5, 5.41) is 10.4. The largest absolute Gasteiger partial charge is 0.329 e. The van der Waals surface area contributed by atoms with Gasteiger partial charge in [-0.2, -0.15) is 5.10 Å². The van der Waals surface area contributed by atoms with Crippen LogP contribution in [0.1, 0.15) is 91.1 Å². The predicted octanol–water partition coefficient (Wildman–Crippen LogP) is 4.60. The standard InChI is InChI=1S/C37H39F3N10O4/c1-47-33-24(3-2-4-29(33)50(37(47)54)30-9-10-32(51)45-36(30)53)23-11-12-48(19-25(23)38)17-20-5-7-22(8-6-20)49-18-21-13-31(42-16-26(21)46-49)44-35(52)28-15-41-14-27(43-28)34(39)40/h2-4,13-16,18,20,22-23,25,30,34H,5-12,17,19H2,1H3,(H,44,52)(H,45,51,53)/t20?,22?,23-,25+,30?/m0/s1. The number of amides is 3. The van der Waals surface area contributed by atoms with Gasteiger partial charge in [0.15, 0.2) is 0 Å². The van der Waals surface area contributed by atoms with Crippen LogP contribution in [0.15, 0.2) is 53.8 Å². The van der Waals surface area contributed by atoms with Crippen LogP contribution in [-0.4, -0.2) is 82.3 Å². The molecule has 3 aliphatic rings. The van der Waals surface area contributed by atoms with Crippen LogP contribution in [0, 0.1) is 5.92 Å². The number of nitrogens with zero attached hydrogens (tertiary/aromatic N) is 8. The Morgan fingerprint density at radius 2 is 1.87 bits per heavy atom. The maximum absolute atomic E-state index is 16.1. The van der Waals surface area contributed by atoms with Gasteiger partial charge in [-0.05, 0) is 68.7 Å². The highest BCUT2D eigenvalue weighted by Gasteiger charge is 2.36. The van der Waals surface area contributed by atoms with E-state index in [-0.39, 0.29) is 42.0 Å². The van der Waals surface area contributed by atoms with E-state index in [1.807, 2.05) is 23.0 Å². The number of imide groups is 1. The fourth-order valence-electron chi connectivity index (χ4n) is 8.42. The van der Waals surface area contributed by atoms with Crippen LogP contribution in [0.25, 0.3) is 21.9 Å². The van der Waals surface area contributed by atoms with Gasteiger partial charge in [-0.3, -0.25) is 38.5 Å². The highest BCUT2D eigenvalue weighted by Crippen LogP contribution is 2.38. The van der Waals surface area contributed by atoms with Gasteiger partial charge in [0.05, 0.1) is 35.7 Å². The number of carbonyl (C=O) groups excluding carboxylic acids is 3. The second-order valence-electron chi connectivity index (χ2n) is 14.6. The number of hydrogen-bond acceptors (Lipinski definition) is 9. The summed E-state index contributed by atoms with van der Waals surface area (Å²) in [6, 6.07) is 6.53. The molecule has 3 amide bonds. The highest BCUT2D eigenvalue weighted by atomic mass is 19.3. The third-order valence-electron chi connectivity index (χ3n) is 11.1. The minimum Gasteiger partial charge on any atom is -0.305 e. The topological polar surface area (TPSA) is 162 Å². The van der Waals surface area contributed by atoms with Crippen molar-refractivity contribution < 1.29 is 27.6 Å². The molecule has 6 heterocycles. The van der Waals surface area contributed by atoms with E-state index in [2.05, 4.69) is 30.5 Å². The van der Waals surface area contributed by atoms with Gasteiger partial charge in [-0.1, -0.05) is 12.1 Å². The van der Waals surface area contributed by atoms with Gasteiger partial charge < -0.3 is 10.2 Å². The van der Waals surface area contributed by atoms with Gasteiger partial charge >= 0.3 is 5.69 Å². The molecule has 2 aliphatic heterocycles. The molecule has 54 heavy (non-hydrogen) atoms. The lowest BCUT2D eigenvalue weighted by Gasteiger charge is -2.38. The molecule has 1 aliphatic carbocycles. The van der Waals surface area contributed by atoms with E-state index in [0.717, 1.165) is 62.1 Å². The summed E-state index contributed by atoms with van der Waals surface area (Å²) >= 11 is 0. The van der Waals surface area contributed by atoms with Crippen LogP contribution < -0.4 is 16.3 Å². The number of likely N-dealkylation sites (tertiary alicyclic amines) is 1. The van der Waals surface area contributed by atoms with Crippen molar-refractivity contribution in [3.8, 4) is 0 Å². The fraction of sp³-hybridized carbons (Fsp3) is 0.459. The number of fused-ring (bicyclic) bond motifs is 2. The lowest BCUT2D eigenvalue weighted by molar-refractivity contribution is -0.135. The minimum absolute atomic E-state index is 0.150. The first-order chi connectivity index (χ1) is 26.0. The van der Waals surface area contributed by atoms with Crippen molar-refractivity contribution in [1.29, 1.82) is 0 Å². The molecule has 1 aromatic carbocycles. The monoisotopic (exact) mass is 744 g/mol. The fourth-order valence-corrected chi connectivity index (χ4v) is 8.42. The second kappa shape index (κ2) is 14.4. The number of imidazole rings is 1. The zero-order valence-corrected chi connectivity index (χ0v) is 29.5. The number of rotatable bonds is 8. The first-order valence-corrected chi connectivity index (χ1v) is 18.2. The Labute approximate surface area is 306 Å². The molecule has 17 heteroatoms. The summed E-state index contributed by atoms with van der Waals surface area (Å²) in [5.41, 5.74) is 1.43. The molecule has 3 fully saturated rings. The summed E-state index contributed by atoms with van der Waals surface area (Å²) in [5.74, 6) is -1.30. The number of hydrogen-bond donors (Lipinski definition) is 2. The van der Waals surface area contributed by atoms with Crippen molar-refractivity contribution in [2.45, 2.75) is 75.5 Å². The third kappa shape index (κ3) is 6.76. The molecule has 8 rings (SSSR count). The molecule has 14 nitrogen and oxygen atoms in total. The third-order valence-corrected chi connectivity index (χ3v) is 11.1. The van der Waals surface area contributed by atoms with Crippen molar-refractivity contribution in [2.75, 3.05) is 25.0 Å². The number of aromatic nitrogens is 7. The van der Waals surface area contributed by atoms with Crippen LogP contribution in [0.3, 0.4) is 0 Å². The van der Waals surface area contributed by atoms with Crippen molar-refractivity contribution in [2.24, 2.45) is 13.0 Å². The smallest absolute Gasteiger partial charge is 0.305 e. The van der Waals surface area contributed by atoms with E-state index in [4.69, 9.17) is 5.10 Å². The Balaban J connectivity index is 0.874. The number of para-hydroxylation sites is 1. The van der Waals surface area contributed by atoms with Crippen molar-refractivity contribution in [3.63, 3.8) is 0 Å². The molecule has 2 N–H and O–H groups in total. The molecule has 5 aromatic rings. The number of piperidine rings is 2. The molecule has 0 spiro atoms. The van der Waals surface area contributed by atoms with Gasteiger partial charge in [0.25, 0.3) is 12.3 Å². The van der Waals surface area contributed by atoms with Gasteiger partial charge in [0, 0.05) is 44.1 Å². The predicted molar refractivity (Wildman–Crippen MR) is 191 cm³/mol. The number of halogens is 3. The van der Waals surface area contributed by atoms with Crippen LogP contribution in [0.2, 0.25) is 0 Å². The maximum atomic E-state index is 16.1. The number of carbonyl (C=O) groups is 3. The first kappa shape index (κ1) is 35.6. The number of anilines is 1. The average Bonchev–Trinajstić information content (AvgIpc) is 3.70. The Bertz CT molecular complexity index is 2310. The summed E-state index contributed by atoms with van der Waals surface area (Å²) in [6.07, 6.45) is 6.25. The van der Waals surface area contributed by atoms with Crippen molar-refractivity contribution in [1.82, 2.24) is 44.1 Å². The molecule has 4 aromatic heterocycles. The van der Waals surface area contributed by atoms with E-state index in [1.54, 1.807) is 25.4 Å². The first-order valence-electron chi connectivity index (χ1n) is 18.2. The molecule has 1 unspecified atom stereocenters. The highest BCUT2D eigenvalue weighted by molar-refractivity contribution is 6.03. The van der Waals surface area contributed by atoms with Gasteiger partial charge in [0.2, 0.25) is 11.8 Å². The summed E-state index contributed by atoms with van der Waals surface area (Å²) in [4.78, 5) is 64.2. The number of aryl methyl sites for hydroxylation is 1. The number of nitrogens with one attached hydrogen (secondary N) is 2. The summed E-state index contributed by atoms with van der Waals surface area (Å²) < 4.78 is 46.9.